The second kappa shape index (κ2) is 8.50. The normalized spacial score (nSPS) is 15.4. The molecule has 0 spiro atoms. The van der Waals surface area contributed by atoms with Crippen molar-refractivity contribution in [1.82, 2.24) is 4.90 Å². The summed E-state index contributed by atoms with van der Waals surface area (Å²) in [5.74, 6) is -0.949. The molecule has 0 saturated carbocycles. The van der Waals surface area contributed by atoms with E-state index in [0.29, 0.717) is 20.2 Å². The van der Waals surface area contributed by atoms with Crippen molar-refractivity contribution in [3.8, 4) is 5.75 Å². The Hall–Kier alpha value is -2.10. The lowest BCUT2D eigenvalue weighted by Gasteiger charge is -2.12. The SMILES string of the molecule is Cc1ccc(NC(=O)CN2C(=O)S/C(=C/c3cc(Br)c(O)c(Br)c3)C2=O)cc1. The number of amides is 3. The van der Waals surface area contributed by atoms with Gasteiger partial charge >= 0.3 is 0 Å². The Kier molecular flexibility index (Phi) is 6.26. The van der Waals surface area contributed by atoms with Gasteiger partial charge in [0.25, 0.3) is 11.1 Å². The van der Waals surface area contributed by atoms with E-state index >= 15 is 0 Å². The molecule has 0 aromatic heterocycles. The number of aromatic hydroxyl groups is 1. The summed E-state index contributed by atoms with van der Waals surface area (Å²) in [4.78, 5) is 38.1. The Morgan fingerprint density at radius 2 is 1.79 bits per heavy atom. The predicted octanol–water partition coefficient (Wildman–Crippen LogP) is 4.90. The van der Waals surface area contributed by atoms with Crippen LogP contribution in [0.2, 0.25) is 0 Å². The number of anilines is 1. The van der Waals surface area contributed by atoms with Crippen LogP contribution in [0.3, 0.4) is 0 Å². The van der Waals surface area contributed by atoms with Crippen LogP contribution in [-0.2, 0) is 9.59 Å². The molecule has 0 aliphatic carbocycles. The van der Waals surface area contributed by atoms with E-state index in [1.807, 2.05) is 19.1 Å². The van der Waals surface area contributed by atoms with Crippen molar-refractivity contribution in [2.75, 3.05) is 11.9 Å². The third-order valence-electron chi connectivity index (χ3n) is 3.85. The summed E-state index contributed by atoms with van der Waals surface area (Å²) in [6.45, 7) is 1.57. The Balaban J connectivity index is 1.72. The van der Waals surface area contributed by atoms with Gasteiger partial charge in [-0.2, -0.15) is 0 Å². The van der Waals surface area contributed by atoms with E-state index in [4.69, 9.17) is 0 Å². The second-order valence-corrected chi connectivity index (χ2v) is 8.72. The van der Waals surface area contributed by atoms with Gasteiger partial charge in [-0.25, -0.2) is 0 Å². The Morgan fingerprint density at radius 1 is 1.18 bits per heavy atom. The van der Waals surface area contributed by atoms with Crippen molar-refractivity contribution in [2.24, 2.45) is 0 Å². The lowest BCUT2D eigenvalue weighted by atomic mass is 10.2. The standard InChI is InChI=1S/C19H14Br2N2O4S/c1-10-2-4-12(5-3-10)22-16(24)9-23-18(26)15(28-19(23)27)8-11-6-13(20)17(25)14(21)7-11/h2-8,25H,9H2,1H3,(H,22,24)/b15-8+. The number of phenols is 1. The summed E-state index contributed by atoms with van der Waals surface area (Å²) in [5, 5.41) is 11.9. The van der Waals surface area contributed by atoms with Crippen LogP contribution in [0.5, 0.6) is 5.75 Å². The number of nitrogens with one attached hydrogen (secondary N) is 1. The number of rotatable bonds is 4. The fraction of sp³-hybridized carbons (Fsp3) is 0.105. The van der Waals surface area contributed by atoms with E-state index < -0.39 is 17.1 Å². The summed E-state index contributed by atoms with van der Waals surface area (Å²) in [6.07, 6.45) is 1.54. The minimum Gasteiger partial charge on any atom is -0.506 e. The fourth-order valence-corrected chi connectivity index (χ4v) is 4.50. The molecule has 6 nitrogen and oxygen atoms in total. The molecule has 0 unspecified atom stereocenters. The summed E-state index contributed by atoms with van der Waals surface area (Å²) in [7, 11) is 0. The van der Waals surface area contributed by atoms with Gasteiger partial charge in [-0.05, 0) is 86.5 Å². The fourth-order valence-electron chi connectivity index (χ4n) is 2.44. The summed E-state index contributed by atoms with van der Waals surface area (Å²) in [5.41, 5.74) is 2.27. The first-order valence-corrected chi connectivity index (χ1v) is 10.4. The molecule has 1 fully saturated rings. The molecule has 28 heavy (non-hydrogen) atoms. The van der Waals surface area contributed by atoms with Crippen molar-refractivity contribution in [3.05, 3.63) is 61.4 Å². The van der Waals surface area contributed by atoms with E-state index in [1.165, 1.54) is 6.08 Å². The number of nitrogens with zero attached hydrogens (tertiary/aromatic N) is 1. The monoisotopic (exact) mass is 524 g/mol. The molecular weight excluding hydrogens is 512 g/mol. The molecule has 9 heteroatoms. The smallest absolute Gasteiger partial charge is 0.294 e. The van der Waals surface area contributed by atoms with Crippen LogP contribution in [0, 0.1) is 6.92 Å². The maximum Gasteiger partial charge on any atom is 0.294 e. The van der Waals surface area contributed by atoms with Gasteiger partial charge in [-0.15, -0.1) is 0 Å². The highest BCUT2D eigenvalue weighted by Gasteiger charge is 2.36. The zero-order valence-electron chi connectivity index (χ0n) is 14.5. The van der Waals surface area contributed by atoms with Gasteiger partial charge in [0.1, 0.15) is 12.3 Å². The highest BCUT2D eigenvalue weighted by molar-refractivity contribution is 9.11. The van der Waals surface area contributed by atoms with Crippen LogP contribution >= 0.6 is 43.6 Å². The Labute approximate surface area is 182 Å². The van der Waals surface area contributed by atoms with Gasteiger partial charge in [0.15, 0.2) is 0 Å². The van der Waals surface area contributed by atoms with Gasteiger partial charge in [0.2, 0.25) is 5.91 Å². The Bertz CT molecular complexity index is 982. The molecule has 144 valence electrons. The number of phenolic OH excluding ortho intramolecular Hbond substituents is 1. The molecule has 1 aliphatic heterocycles. The lowest BCUT2D eigenvalue weighted by Crippen LogP contribution is -2.36. The third-order valence-corrected chi connectivity index (χ3v) is 5.96. The van der Waals surface area contributed by atoms with E-state index in [2.05, 4.69) is 37.2 Å². The molecule has 2 N–H and O–H groups in total. The van der Waals surface area contributed by atoms with Crippen LogP contribution in [-0.4, -0.2) is 33.6 Å². The molecule has 0 bridgehead atoms. The van der Waals surface area contributed by atoms with E-state index in [0.717, 1.165) is 22.2 Å². The number of carbonyl (C=O) groups is 3. The molecule has 0 radical (unpaired) electrons. The number of hydrogen-bond acceptors (Lipinski definition) is 5. The van der Waals surface area contributed by atoms with Crippen molar-refractivity contribution in [2.45, 2.75) is 6.92 Å². The van der Waals surface area contributed by atoms with Crippen molar-refractivity contribution in [1.29, 1.82) is 0 Å². The summed E-state index contributed by atoms with van der Waals surface area (Å²) >= 11 is 7.21. The molecule has 1 heterocycles. The summed E-state index contributed by atoms with van der Waals surface area (Å²) < 4.78 is 0.898. The van der Waals surface area contributed by atoms with Crippen LogP contribution in [0.15, 0.2) is 50.2 Å². The minimum atomic E-state index is -0.533. The summed E-state index contributed by atoms with van der Waals surface area (Å²) in [6, 6.07) is 10.5. The van der Waals surface area contributed by atoms with Gasteiger partial charge in [-0.1, -0.05) is 17.7 Å². The molecule has 3 rings (SSSR count). The van der Waals surface area contributed by atoms with Crippen LogP contribution < -0.4 is 5.32 Å². The number of halogens is 2. The number of aryl methyl sites for hydroxylation is 1. The second-order valence-electron chi connectivity index (χ2n) is 6.02. The van der Waals surface area contributed by atoms with Crippen molar-refractivity contribution in [3.63, 3.8) is 0 Å². The molecule has 2 aromatic carbocycles. The lowest BCUT2D eigenvalue weighted by molar-refractivity contribution is -0.127. The maximum atomic E-state index is 12.6. The molecule has 2 aromatic rings. The number of benzene rings is 2. The topological polar surface area (TPSA) is 86.7 Å². The van der Waals surface area contributed by atoms with Gasteiger partial charge in [0.05, 0.1) is 13.9 Å². The minimum absolute atomic E-state index is 0.0398. The van der Waals surface area contributed by atoms with Crippen molar-refractivity contribution < 1.29 is 19.5 Å². The highest BCUT2D eigenvalue weighted by atomic mass is 79.9. The van der Waals surface area contributed by atoms with E-state index in [1.54, 1.807) is 24.3 Å². The molecule has 1 aliphatic rings. The Morgan fingerprint density at radius 3 is 2.39 bits per heavy atom. The van der Waals surface area contributed by atoms with Crippen LogP contribution in [0.25, 0.3) is 6.08 Å². The van der Waals surface area contributed by atoms with Gasteiger partial charge in [-0.3, -0.25) is 19.3 Å². The maximum absolute atomic E-state index is 12.6. The highest BCUT2D eigenvalue weighted by Crippen LogP contribution is 2.36. The van der Waals surface area contributed by atoms with Crippen molar-refractivity contribution >= 4 is 72.4 Å². The number of hydrogen-bond donors (Lipinski definition) is 2. The predicted molar refractivity (Wildman–Crippen MR) is 116 cm³/mol. The first-order chi connectivity index (χ1) is 13.2. The zero-order valence-corrected chi connectivity index (χ0v) is 18.5. The molecule has 1 saturated heterocycles. The van der Waals surface area contributed by atoms with E-state index in [-0.39, 0.29) is 17.2 Å². The first-order valence-electron chi connectivity index (χ1n) is 8.04. The van der Waals surface area contributed by atoms with Crippen LogP contribution in [0.1, 0.15) is 11.1 Å². The third kappa shape index (κ3) is 4.65. The van der Waals surface area contributed by atoms with E-state index in [9.17, 15) is 19.5 Å². The quantitative estimate of drug-likeness (QED) is 0.554. The average Bonchev–Trinajstić information content (AvgIpc) is 2.89. The number of imide groups is 1. The average molecular weight is 526 g/mol. The first kappa shape index (κ1) is 20.6. The molecule has 0 atom stereocenters. The van der Waals surface area contributed by atoms with Gasteiger partial charge in [0, 0.05) is 5.69 Å². The zero-order chi connectivity index (χ0) is 20.4. The molecule has 3 amide bonds. The van der Waals surface area contributed by atoms with Gasteiger partial charge < -0.3 is 10.4 Å². The molecular formula is C19H14Br2N2O4S. The van der Waals surface area contributed by atoms with Crippen LogP contribution in [0.4, 0.5) is 10.5 Å². The number of thioether (sulfide) groups is 1. The number of carbonyl (C=O) groups excluding carboxylic acids is 3. The largest absolute Gasteiger partial charge is 0.506 e.